The van der Waals surface area contributed by atoms with Gasteiger partial charge in [0.05, 0.1) is 17.1 Å². The first-order chi connectivity index (χ1) is 6.72. The van der Waals surface area contributed by atoms with E-state index >= 15 is 0 Å². The molecule has 0 aliphatic rings. The summed E-state index contributed by atoms with van der Waals surface area (Å²) in [6, 6.07) is 9.44. The molecule has 0 bridgehead atoms. The first-order valence-corrected chi connectivity index (χ1v) is 4.56. The molecule has 2 nitrogen and oxygen atoms in total. The van der Waals surface area contributed by atoms with Gasteiger partial charge in [-0.15, -0.1) is 0 Å². The summed E-state index contributed by atoms with van der Waals surface area (Å²) in [6.07, 6.45) is 0. The number of benzene rings is 1. The van der Waals surface area contributed by atoms with E-state index in [2.05, 4.69) is 11.1 Å². The number of hydrogen-bond donors (Lipinski definition) is 0. The lowest BCUT2D eigenvalue weighted by atomic mass is 10.1. The van der Waals surface area contributed by atoms with Crippen LogP contribution in [0, 0.1) is 18.3 Å². The maximum absolute atomic E-state index is 8.91. The van der Waals surface area contributed by atoms with Crippen LogP contribution in [0.3, 0.4) is 0 Å². The van der Waals surface area contributed by atoms with E-state index < -0.39 is 0 Å². The molecule has 68 valence electrons. The highest BCUT2D eigenvalue weighted by Crippen LogP contribution is 2.22. The zero-order valence-corrected chi connectivity index (χ0v) is 8.34. The minimum Gasteiger partial charge on any atom is -0.236 e. The highest BCUT2D eigenvalue weighted by Gasteiger charge is 2.05. The van der Waals surface area contributed by atoms with E-state index in [-0.39, 0.29) is 0 Å². The number of nitrogens with zero attached hydrogens (tertiary/aromatic N) is 2. The number of nitriles is 1. The largest absolute Gasteiger partial charge is 0.236 e. The fourth-order valence-electron chi connectivity index (χ4n) is 1.45. The molecule has 0 spiro atoms. The molecule has 0 fully saturated rings. The van der Waals surface area contributed by atoms with Crippen LogP contribution in [0.2, 0.25) is 5.15 Å². The molecule has 0 N–H and O–H groups in total. The fraction of sp³-hybridized carbons (Fsp3) is 0.0909. The molecular weight excluding hydrogens is 196 g/mol. The second kappa shape index (κ2) is 3.28. The smallest absolute Gasteiger partial charge is 0.131 e. The number of aryl methyl sites for hydroxylation is 1. The third kappa shape index (κ3) is 1.32. The Hall–Kier alpha value is -1.59. The molecule has 0 aliphatic heterocycles. The summed E-state index contributed by atoms with van der Waals surface area (Å²) < 4.78 is 0. The molecule has 2 rings (SSSR count). The van der Waals surface area contributed by atoms with Crippen molar-refractivity contribution in [1.82, 2.24) is 4.98 Å². The molecule has 2 aromatic rings. The van der Waals surface area contributed by atoms with E-state index in [1.807, 2.05) is 25.1 Å². The van der Waals surface area contributed by atoms with Crippen molar-refractivity contribution in [1.29, 1.82) is 5.26 Å². The van der Waals surface area contributed by atoms with Gasteiger partial charge >= 0.3 is 0 Å². The minimum atomic E-state index is 0.364. The van der Waals surface area contributed by atoms with Gasteiger partial charge in [0.2, 0.25) is 0 Å². The SMILES string of the molecule is Cc1cccc2c(C#N)cc(Cl)nc12. The summed E-state index contributed by atoms with van der Waals surface area (Å²) in [4.78, 5) is 4.20. The zero-order valence-electron chi connectivity index (χ0n) is 7.58. The Balaban J connectivity index is 2.96. The Kier molecular flexibility index (Phi) is 2.11. The number of rotatable bonds is 0. The Labute approximate surface area is 86.8 Å². The predicted octanol–water partition coefficient (Wildman–Crippen LogP) is 3.07. The van der Waals surface area contributed by atoms with Crippen LogP contribution < -0.4 is 0 Å². The van der Waals surface area contributed by atoms with Gasteiger partial charge in [-0.25, -0.2) is 4.98 Å². The predicted molar refractivity (Wildman–Crippen MR) is 56.2 cm³/mol. The molecule has 0 atom stereocenters. The number of pyridine rings is 1. The lowest BCUT2D eigenvalue weighted by molar-refractivity contribution is 1.35. The van der Waals surface area contributed by atoms with Gasteiger partial charge < -0.3 is 0 Å². The maximum Gasteiger partial charge on any atom is 0.131 e. The van der Waals surface area contributed by atoms with Crippen LogP contribution in [0.5, 0.6) is 0 Å². The van der Waals surface area contributed by atoms with Gasteiger partial charge in [0, 0.05) is 5.39 Å². The summed E-state index contributed by atoms with van der Waals surface area (Å²) in [5.41, 5.74) is 2.40. The topological polar surface area (TPSA) is 36.7 Å². The highest BCUT2D eigenvalue weighted by atomic mass is 35.5. The summed E-state index contributed by atoms with van der Waals surface area (Å²) in [5.74, 6) is 0. The van der Waals surface area contributed by atoms with Gasteiger partial charge in [0.1, 0.15) is 5.15 Å². The number of halogens is 1. The van der Waals surface area contributed by atoms with E-state index in [0.29, 0.717) is 10.7 Å². The Morgan fingerprint density at radius 2 is 2.21 bits per heavy atom. The third-order valence-electron chi connectivity index (χ3n) is 2.13. The molecule has 14 heavy (non-hydrogen) atoms. The molecule has 0 saturated carbocycles. The number of para-hydroxylation sites is 1. The van der Waals surface area contributed by atoms with Gasteiger partial charge in [-0.05, 0) is 18.6 Å². The fourth-order valence-corrected chi connectivity index (χ4v) is 1.65. The molecule has 0 unspecified atom stereocenters. The summed E-state index contributed by atoms with van der Waals surface area (Å²) >= 11 is 5.81. The van der Waals surface area contributed by atoms with E-state index in [1.165, 1.54) is 0 Å². The quantitative estimate of drug-likeness (QED) is 0.616. The second-order valence-corrected chi connectivity index (χ2v) is 3.46. The van der Waals surface area contributed by atoms with Crippen molar-refractivity contribution in [3.8, 4) is 6.07 Å². The maximum atomic E-state index is 8.91. The third-order valence-corrected chi connectivity index (χ3v) is 2.32. The van der Waals surface area contributed by atoms with Crippen LogP contribution in [0.4, 0.5) is 0 Å². The number of aromatic nitrogens is 1. The van der Waals surface area contributed by atoms with Crippen LogP contribution in [0.1, 0.15) is 11.1 Å². The normalized spacial score (nSPS) is 10.1. The van der Waals surface area contributed by atoms with Crippen molar-refractivity contribution in [2.45, 2.75) is 6.92 Å². The number of hydrogen-bond acceptors (Lipinski definition) is 2. The van der Waals surface area contributed by atoms with Crippen LogP contribution in [0.25, 0.3) is 10.9 Å². The Morgan fingerprint density at radius 1 is 1.43 bits per heavy atom. The highest BCUT2D eigenvalue weighted by molar-refractivity contribution is 6.30. The van der Waals surface area contributed by atoms with Crippen LogP contribution >= 0.6 is 11.6 Å². The van der Waals surface area contributed by atoms with E-state index in [0.717, 1.165) is 16.5 Å². The van der Waals surface area contributed by atoms with Gasteiger partial charge in [0.15, 0.2) is 0 Å². The Morgan fingerprint density at radius 3 is 2.93 bits per heavy atom. The van der Waals surface area contributed by atoms with Crippen molar-refractivity contribution in [3.63, 3.8) is 0 Å². The second-order valence-electron chi connectivity index (χ2n) is 3.08. The first kappa shape index (κ1) is 8.98. The van der Waals surface area contributed by atoms with Gasteiger partial charge in [-0.3, -0.25) is 0 Å². The monoisotopic (exact) mass is 202 g/mol. The van der Waals surface area contributed by atoms with Gasteiger partial charge in [-0.2, -0.15) is 5.26 Å². The minimum absolute atomic E-state index is 0.364. The average molecular weight is 203 g/mol. The lowest BCUT2D eigenvalue weighted by Crippen LogP contribution is -1.87. The van der Waals surface area contributed by atoms with Crippen LogP contribution in [-0.2, 0) is 0 Å². The molecule has 1 aromatic heterocycles. The summed E-state index contributed by atoms with van der Waals surface area (Å²) in [7, 11) is 0. The first-order valence-electron chi connectivity index (χ1n) is 4.18. The number of fused-ring (bicyclic) bond motifs is 1. The summed E-state index contributed by atoms with van der Waals surface area (Å²) in [5, 5.41) is 10.1. The van der Waals surface area contributed by atoms with Crippen LogP contribution in [-0.4, -0.2) is 4.98 Å². The average Bonchev–Trinajstić information content (AvgIpc) is 2.18. The molecule has 1 heterocycles. The molecule has 0 saturated heterocycles. The van der Waals surface area contributed by atoms with Crippen molar-refractivity contribution in [2.75, 3.05) is 0 Å². The van der Waals surface area contributed by atoms with Gasteiger partial charge in [0.25, 0.3) is 0 Å². The standard InChI is InChI=1S/C11H7ClN2/c1-7-3-2-4-9-8(6-13)5-10(12)14-11(7)9/h2-5H,1H3. The zero-order chi connectivity index (χ0) is 10.1. The molecular formula is C11H7ClN2. The van der Waals surface area contributed by atoms with Crippen molar-refractivity contribution in [3.05, 3.63) is 40.5 Å². The van der Waals surface area contributed by atoms with E-state index in [1.54, 1.807) is 6.07 Å². The van der Waals surface area contributed by atoms with Crippen LogP contribution in [0.15, 0.2) is 24.3 Å². The van der Waals surface area contributed by atoms with Crippen molar-refractivity contribution in [2.24, 2.45) is 0 Å². The van der Waals surface area contributed by atoms with Crippen molar-refractivity contribution >= 4 is 22.5 Å². The van der Waals surface area contributed by atoms with Gasteiger partial charge in [-0.1, -0.05) is 29.8 Å². The molecule has 3 heteroatoms. The Bertz CT molecular complexity index is 541. The lowest BCUT2D eigenvalue weighted by Gasteiger charge is -2.02. The molecule has 1 aromatic carbocycles. The molecule has 0 aliphatic carbocycles. The summed E-state index contributed by atoms with van der Waals surface area (Å²) in [6.45, 7) is 1.95. The van der Waals surface area contributed by atoms with E-state index in [9.17, 15) is 0 Å². The molecule has 0 amide bonds. The molecule has 0 radical (unpaired) electrons. The van der Waals surface area contributed by atoms with Crippen molar-refractivity contribution < 1.29 is 0 Å². The van der Waals surface area contributed by atoms with E-state index in [4.69, 9.17) is 16.9 Å².